The molecule has 0 spiro atoms. The van der Waals surface area contributed by atoms with Gasteiger partial charge in [0.2, 0.25) is 5.91 Å². The molecular weight excluding hydrogens is 320 g/mol. The standard InChI is InChI=1S/C14H16N4O2S2/c1-8-4-5-11(9(2)6-8)15-13(20)16-12(19)7-21-14-18-17-10(3)22-14/h4-6H,7H2,1-3H3,(H2,15,16,19,20). The largest absolute Gasteiger partial charge is 0.325 e. The summed E-state index contributed by atoms with van der Waals surface area (Å²) < 4.78 is 0.711. The number of carbonyl (C=O) groups excluding carboxylic acids is 2. The van der Waals surface area contributed by atoms with Crippen LogP contribution in [0.25, 0.3) is 0 Å². The average molecular weight is 336 g/mol. The van der Waals surface area contributed by atoms with Crippen molar-refractivity contribution in [2.75, 3.05) is 11.1 Å². The third-order valence-corrected chi connectivity index (χ3v) is 4.69. The Morgan fingerprint density at radius 3 is 2.64 bits per heavy atom. The van der Waals surface area contributed by atoms with E-state index in [0.717, 1.165) is 16.1 Å². The van der Waals surface area contributed by atoms with Crippen LogP contribution in [0.2, 0.25) is 0 Å². The zero-order valence-corrected chi connectivity index (χ0v) is 14.1. The van der Waals surface area contributed by atoms with Gasteiger partial charge in [-0.3, -0.25) is 10.1 Å². The molecule has 0 fully saturated rings. The molecule has 0 atom stereocenters. The lowest BCUT2D eigenvalue weighted by Crippen LogP contribution is -2.35. The Labute approximate surface area is 136 Å². The molecule has 2 rings (SSSR count). The van der Waals surface area contributed by atoms with E-state index in [1.165, 1.54) is 23.1 Å². The van der Waals surface area contributed by atoms with Gasteiger partial charge in [0.05, 0.1) is 5.75 Å². The van der Waals surface area contributed by atoms with Gasteiger partial charge in [0.1, 0.15) is 5.01 Å². The number of aryl methyl sites for hydroxylation is 3. The van der Waals surface area contributed by atoms with E-state index in [4.69, 9.17) is 0 Å². The topological polar surface area (TPSA) is 84.0 Å². The van der Waals surface area contributed by atoms with Gasteiger partial charge < -0.3 is 5.32 Å². The Morgan fingerprint density at radius 2 is 2.00 bits per heavy atom. The molecule has 0 saturated heterocycles. The Bertz CT molecular complexity index is 700. The van der Waals surface area contributed by atoms with E-state index in [9.17, 15) is 9.59 Å². The maximum atomic E-state index is 11.8. The first-order chi connectivity index (χ1) is 10.4. The molecule has 0 radical (unpaired) electrons. The fraction of sp³-hybridized carbons (Fsp3) is 0.286. The minimum absolute atomic E-state index is 0.120. The van der Waals surface area contributed by atoms with Crippen molar-refractivity contribution >= 4 is 40.7 Å². The van der Waals surface area contributed by atoms with Crippen LogP contribution in [0, 0.1) is 20.8 Å². The molecule has 22 heavy (non-hydrogen) atoms. The van der Waals surface area contributed by atoms with Crippen LogP contribution in [0.1, 0.15) is 16.1 Å². The number of benzene rings is 1. The molecule has 2 N–H and O–H groups in total. The lowest BCUT2D eigenvalue weighted by Gasteiger charge is -2.09. The predicted octanol–water partition coefficient (Wildman–Crippen LogP) is 2.90. The molecule has 1 heterocycles. The molecule has 0 unspecified atom stereocenters. The minimum Gasteiger partial charge on any atom is -0.307 e. The third kappa shape index (κ3) is 4.81. The lowest BCUT2D eigenvalue weighted by atomic mass is 10.1. The Balaban J connectivity index is 1.82. The van der Waals surface area contributed by atoms with Crippen molar-refractivity contribution in [2.45, 2.75) is 25.1 Å². The summed E-state index contributed by atoms with van der Waals surface area (Å²) >= 11 is 2.67. The van der Waals surface area contributed by atoms with Crippen LogP contribution in [0.3, 0.4) is 0 Å². The van der Waals surface area contributed by atoms with Crippen LogP contribution in [0.5, 0.6) is 0 Å². The summed E-state index contributed by atoms with van der Waals surface area (Å²) in [6.45, 7) is 5.73. The van der Waals surface area contributed by atoms with Crippen LogP contribution in [-0.4, -0.2) is 27.9 Å². The number of imide groups is 1. The number of rotatable bonds is 4. The molecule has 0 bridgehead atoms. The molecule has 1 aromatic carbocycles. The Morgan fingerprint density at radius 1 is 1.23 bits per heavy atom. The lowest BCUT2D eigenvalue weighted by molar-refractivity contribution is -0.117. The molecule has 0 aliphatic heterocycles. The monoisotopic (exact) mass is 336 g/mol. The third-order valence-electron chi connectivity index (χ3n) is 2.72. The second kappa shape index (κ2) is 7.37. The fourth-order valence-corrected chi connectivity index (χ4v) is 3.35. The minimum atomic E-state index is -0.536. The van der Waals surface area contributed by atoms with Gasteiger partial charge in [-0.05, 0) is 32.4 Å². The Kier molecular flexibility index (Phi) is 5.51. The van der Waals surface area contributed by atoms with Crippen LogP contribution >= 0.6 is 23.1 Å². The van der Waals surface area contributed by atoms with Crippen LogP contribution in [0.15, 0.2) is 22.5 Å². The number of thioether (sulfide) groups is 1. The molecule has 0 aliphatic carbocycles. The van der Waals surface area contributed by atoms with Crippen LogP contribution < -0.4 is 10.6 Å². The number of nitrogens with one attached hydrogen (secondary N) is 2. The zero-order chi connectivity index (χ0) is 16.1. The van der Waals surface area contributed by atoms with E-state index in [-0.39, 0.29) is 11.7 Å². The van der Waals surface area contributed by atoms with Crippen molar-refractivity contribution in [3.8, 4) is 0 Å². The van der Waals surface area contributed by atoms with E-state index in [0.29, 0.717) is 10.0 Å². The summed E-state index contributed by atoms with van der Waals surface area (Å²) in [6.07, 6.45) is 0. The van der Waals surface area contributed by atoms with E-state index in [1.807, 2.05) is 39.0 Å². The highest BCUT2D eigenvalue weighted by atomic mass is 32.2. The molecular formula is C14H16N4O2S2. The van der Waals surface area contributed by atoms with Crippen LogP contribution in [-0.2, 0) is 4.79 Å². The van der Waals surface area contributed by atoms with Gasteiger partial charge in [-0.1, -0.05) is 40.8 Å². The van der Waals surface area contributed by atoms with Crippen LogP contribution in [0.4, 0.5) is 10.5 Å². The van der Waals surface area contributed by atoms with E-state index in [1.54, 1.807) is 0 Å². The van der Waals surface area contributed by atoms with Crippen molar-refractivity contribution in [1.82, 2.24) is 15.5 Å². The molecule has 0 aliphatic rings. The first kappa shape index (κ1) is 16.4. The SMILES string of the molecule is Cc1ccc(NC(=O)NC(=O)CSc2nnc(C)s2)c(C)c1. The van der Waals surface area contributed by atoms with Crippen molar-refractivity contribution in [3.05, 3.63) is 34.3 Å². The number of anilines is 1. The molecule has 6 nitrogen and oxygen atoms in total. The van der Waals surface area contributed by atoms with Gasteiger partial charge in [-0.2, -0.15) is 0 Å². The first-order valence-electron chi connectivity index (χ1n) is 6.55. The molecule has 2 aromatic rings. The van der Waals surface area contributed by atoms with Gasteiger partial charge >= 0.3 is 6.03 Å². The zero-order valence-electron chi connectivity index (χ0n) is 12.5. The van der Waals surface area contributed by atoms with Crippen molar-refractivity contribution in [2.24, 2.45) is 0 Å². The predicted molar refractivity (Wildman–Crippen MR) is 88.4 cm³/mol. The molecule has 0 saturated carbocycles. The van der Waals surface area contributed by atoms with Crippen molar-refractivity contribution in [1.29, 1.82) is 0 Å². The van der Waals surface area contributed by atoms with Gasteiger partial charge in [-0.15, -0.1) is 10.2 Å². The molecule has 116 valence electrons. The highest BCUT2D eigenvalue weighted by Crippen LogP contribution is 2.21. The smallest absolute Gasteiger partial charge is 0.307 e. The number of carbonyl (C=O) groups is 2. The number of hydrogen-bond donors (Lipinski definition) is 2. The Hall–Kier alpha value is -1.93. The van der Waals surface area contributed by atoms with Crippen molar-refractivity contribution in [3.63, 3.8) is 0 Å². The van der Waals surface area contributed by atoms with E-state index in [2.05, 4.69) is 20.8 Å². The summed E-state index contributed by atoms with van der Waals surface area (Å²) in [6, 6.07) is 5.14. The maximum Gasteiger partial charge on any atom is 0.325 e. The number of hydrogen-bond acceptors (Lipinski definition) is 6. The van der Waals surface area contributed by atoms with Crippen molar-refractivity contribution < 1.29 is 9.59 Å². The van der Waals surface area contributed by atoms with E-state index < -0.39 is 6.03 Å². The second-order valence-corrected chi connectivity index (χ2v) is 7.10. The average Bonchev–Trinajstić information content (AvgIpc) is 2.85. The maximum absolute atomic E-state index is 11.8. The van der Waals surface area contributed by atoms with Gasteiger partial charge in [0, 0.05) is 5.69 Å². The summed E-state index contributed by atoms with van der Waals surface area (Å²) in [5, 5.41) is 13.6. The van der Waals surface area contributed by atoms with Gasteiger partial charge in [-0.25, -0.2) is 4.79 Å². The fourth-order valence-electron chi connectivity index (χ4n) is 1.73. The van der Waals surface area contributed by atoms with Gasteiger partial charge in [0.25, 0.3) is 0 Å². The van der Waals surface area contributed by atoms with Gasteiger partial charge in [0.15, 0.2) is 4.34 Å². The number of aromatic nitrogens is 2. The number of amides is 3. The molecule has 3 amide bonds. The highest BCUT2D eigenvalue weighted by Gasteiger charge is 2.11. The number of nitrogens with zero attached hydrogens (tertiary/aromatic N) is 2. The first-order valence-corrected chi connectivity index (χ1v) is 8.35. The molecule has 1 aromatic heterocycles. The number of urea groups is 1. The molecule has 8 heteroatoms. The highest BCUT2D eigenvalue weighted by molar-refractivity contribution is 8.01. The summed E-state index contributed by atoms with van der Waals surface area (Å²) in [5.41, 5.74) is 2.74. The van der Waals surface area contributed by atoms with E-state index >= 15 is 0 Å². The normalized spacial score (nSPS) is 10.3. The summed E-state index contributed by atoms with van der Waals surface area (Å²) in [7, 11) is 0. The second-order valence-electron chi connectivity index (χ2n) is 4.70. The summed E-state index contributed by atoms with van der Waals surface area (Å²) in [4.78, 5) is 23.5. The summed E-state index contributed by atoms with van der Waals surface area (Å²) in [5.74, 6) is -0.255. The quantitative estimate of drug-likeness (QED) is 0.839.